The number of hydrogen-bond donors (Lipinski definition) is 0. The molecule has 0 atom stereocenters. The van der Waals surface area contributed by atoms with E-state index in [1.807, 2.05) is 30.3 Å². The predicted molar refractivity (Wildman–Crippen MR) is 72.9 cm³/mol. The van der Waals surface area contributed by atoms with Crippen molar-refractivity contribution in [3.8, 4) is 23.7 Å². The lowest BCUT2D eigenvalue weighted by Gasteiger charge is -1.92. The molecule has 0 fully saturated rings. The highest BCUT2D eigenvalue weighted by molar-refractivity contribution is 5.33. The quantitative estimate of drug-likeness (QED) is 0.446. The number of rotatable bonds is 5. The summed E-state index contributed by atoms with van der Waals surface area (Å²) in [5.41, 5.74) is 0.991. The molecule has 0 aliphatic heterocycles. The molecule has 0 aromatic heterocycles. The van der Waals surface area contributed by atoms with Crippen LogP contribution in [-0.2, 0) is 9.47 Å². The van der Waals surface area contributed by atoms with Gasteiger partial charge in [0, 0.05) is 5.56 Å². The molecule has 0 aliphatic carbocycles. The first-order chi connectivity index (χ1) is 8.93. The second kappa shape index (κ2) is 10.2. The van der Waals surface area contributed by atoms with Crippen molar-refractivity contribution in [1.82, 2.24) is 0 Å². The fourth-order valence-corrected chi connectivity index (χ4v) is 1.11. The highest BCUT2D eigenvalue weighted by atomic mass is 16.5. The van der Waals surface area contributed by atoms with Crippen LogP contribution in [0.25, 0.3) is 0 Å². The van der Waals surface area contributed by atoms with Crippen LogP contribution in [0.5, 0.6) is 0 Å². The van der Waals surface area contributed by atoms with E-state index < -0.39 is 0 Å². The topological polar surface area (TPSA) is 18.5 Å². The van der Waals surface area contributed by atoms with Crippen molar-refractivity contribution in [2.75, 3.05) is 26.4 Å². The van der Waals surface area contributed by atoms with Crippen molar-refractivity contribution < 1.29 is 9.47 Å². The first kappa shape index (κ1) is 14.1. The first-order valence-electron chi connectivity index (χ1n) is 5.69. The van der Waals surface area contributed by atoms with Gasteiger partial charge in [-0.3, -0.25) is 0 Å². The van der Waals surface area contributed by atoms with Gasteiger partial charge in [-0.05, 0) is 12.1 Å². The Morgan fingerprint density at radius 2 is 1.61 bits per heavy atom. The Morgan fingerprint density at radius 1 is 0.944 bits per heavy atom. The summed E-state index contributed by atoms with van der Waals surface area (Å²) >= 11 is 0. The summed E-state index contributed by atoms with van der Waals surface area (Å²) in [5.74, 6) is 11.6. The predicted octanol–water partition coefficient (Wildman–Crippen LogP) is 2.26. The molecule has 1 aromatic rings. The number of ether oxygens (including phenoxy) is 2. The van der Waals surface area contributed by atoms with Crippen molar-refractivity contribution in [3.05, 3.63) is 48.6 Å². The maximum atomic E-state index is 5.24. The Bertz CT molecular complexity index is 455. The van der Waals surface area contributed by atoms with E-state index in [0.29, 0.717) is 26.4 Å². The van der Waals surface area contributed by atoms with Crippen molar-refractivity contribution in [3.63, 3.8) is 0 Å². The molecule has 2 heteroatoms. The Morgan fingerprint density at radius 3 is 2.33 bits per heavy atom. The molecule has 1 aromatic carbocycles. The highest BCUT2D eigenvalue weighted by Gasteiger charge is 1.82. The summed E-state index contributed by atoms with van der Waals surface area (Å²) in [5, 5.41) is 0. The molecule has 0 bridgehead atoms. The van der Waals surface area contributed by atoms with Crippen LogP contribution >= 0.6 is 0 Å². The third-order valence-corrected chi connectivity index (χ3v) is 1.89. The molecule has 92 valence electrons. The summed E-state index contributed by atoms with van der Waals surface area (Å²) in [7, 11) is 0. The van der Waals surface area contributed by atoms with Crippen LogP contribution in [0.2, 0.25) is 0 Å². The van der Waals surface area contributed by atoms with E-state index >= 15 is 0 Å². The van der Waals surface area contributed by atoms with Crippen LogP contribution in [0.15, 0.2) is 43.0 Å². The van der Waals surface area contributed by atoms with E-state index in [1.165, 1.54) is 0 Å². The molecule has 0 unspecified atom stereocenters. The van der Waals surface area contributed by atoms with Crippen LogP contribution in [-0.4, -0.2) is 26.4 Å². The summed E-state index contributed by atoms with van der Waals surface area (Å²) in [6.45, 7) is 5.24. The highest BCUT2D eigenvalue weighted by Crippen LogP contribution is 1.94. The van der Waals surface area contributed by atoms with Gasteiger partial charge in [0.05, 0.1) is 6.61 Å². The third kappa shape index (κ3) is 7.30. The molecule has 0 radical (unpaired) electrons. The van der Waals surface area contributed by atoms with Crippen LogP contribution in [0.4, 0.5) is 0 Å². The van der Waals surface area contributed by atoms with Gasteiger partial charge in [-0.15, -0.1) is 6.58 Å². The van der Waals surface area contributed by atoms with Gasteiger partial charge in [0.25, 0.3) is 0 Å². The van der Waals surface area contributed by atoms with Gasteiger partial charge in [-0.2, -0.15) is 0 Å². The minimum absolute atomic E-state index is 0.376. The average Bonchev–Trinajstić information content (AvgIpc) is 2.42. The second-order valence-corrected chi connectivity index (χ2v) is 3.32. The van der Waals surface area contributed by atoms with E-state index in [-0.39, 0.29) is 0 Å². The standard InChI is InChI=1S/C16H16O2/c1-2-12-17-13-6-7-14-18-15-8-11-16-9-4-3-5-10-16/h2-5,9-10H,1,12-15H2. The monoisotopic (exact) mass is 240 g/mol. The smallest absolute Gasteiger partial charge is 0.109 e. The Kier molecular flexibility index (Phi) is 7.95. The summed E-state index contributed by atoms with van der Waals surface area (Å²) in [6, 6.07) is 9.80. The molecule has 0 amide bonds. The number of hydrogen-bond acceptors (Lipinski definition) is 2. The summed E-state index contributed by atoms with van der Waals surface area (Å²) in [4.78, 5) is 0. The maximum Gasteiger partial charge on any atom is 0.109 e. The van der Waals surface area contributed by atoms with Gasteiger partial charge in [0.1, 0.15) is 19.8 Å². The lowest BCUT2D eigenvalue weighted by molar-refractivity contribution is 0.195. The Labute approximate surface area is 109 Å². The minimum atomic E-state index is 0.376. The Balaban J connectivity index is 2.09. The molecule has 0 saturated heterocycles. The van der Waals surface area contributed by atoms with Gasteiger partial charge in [-0.1, -0.05) is 48.0 Å². The van der Waals surface area contributed by atoms with E-state index in [2.05, 4.69) is 30.3 Å². The fourth-order valence-electron chi connectivity index (χ4n) is 1.11. The number of benzene rings is 1. The zero-order valence-corrected chi connectivity index (χ0v) is 10.3. The SMILES string of the molecule is C=CCOCC#CCOCC#Cc1ccccc1. The molecule has 0 spiro atoms. The normalized spacial score (nSPS) is 8.67. The van der Waals surface area contributed by atoms with Crippen LogP contribution in [0.1, 0.15) is 5.56 Å². The molecule has 2 nitrogen and oxygen atoms in total. The van der Waals surface area contributed by atoms with Gasteiger partial charge < -0.3 is 9.47 Å². The van der Waals surface area contributed by atoms with Gasteiger partial charge >= 0.3 is 0 Å². The van der Waals surface area contributed by atoms with Crippen molar-refractivity contribution in [2.45, 2.75) is 0 Å². The molecule has 0 N–H and O–H groups in total. The Hall–Kier alpha value is -2.00. The third-order valence-electron chi connectivity index (χ3n) is 1.89. The van der Waals surface area contributed by atoms with Gasteiger partial charge in [0.15, 0.2) is 0 Å². The molecule has 0 aliphatic rings. The molecular weight excluding hydrogens is 224 g/mol. The lowest BCUT2D eigenvalue weighted by Crippen LogP contribution is -1.94. The van der Waals surface area contributed by atoms with E-state index in [1.54, 1.807) is 6.08 Å². The van der Waals surface area contributed by atoms with Crippen molar-refractivity contribution in [1.29, 1.82) is 0 Å². The van der Waals surface area contributed by atoms with Crippen LogP contribution in [0.3, 0.4) is 0 Å². The van der Waals surface area contributed by atoms with E-state index in [0.717, 1.165) is 5.56 Å². The summed E-state index contributed by atoms with van der Waals surface area (Å²) < 4.78 is 10.3. The average molecular weight is 240 g/mol. The van der Waals surface area contributed by atoms with E-state index in [4.69, 9.17) is 9.47 Å². The molecule has 1 rings (SSSR count). The molecule has 0 heterocycles. The van der Waals surface area contributed by atoms with Crippen LogP contribution < -0.4 is 0 Å². The fraction of sp³-hybridized carbons (Fsp3) is 0.250. The van der Waals surface area contributed by atoms with Crippen LogP contribution in [0, 0.1) is 23.7 Å². The second-order valence-electron chi connectivity index (χ2n) is 3.32. The first-order valence-corrected chi connectivity index (χ1v) is 5.69. The van der Waals surface area contributed by atoms with Gasteiger partial charge in [-0.25, -0.2) is 0 Å². The van der Waals surface area contributed by atoms with Crippen molar-refractivity contribution >= 4 is 0 Å². The maximum absolute atomic E-state index is 5.24. The molecule has 0 saturated carbocycles. The minimum Gasteiger partial charge on any atom is -0.365 e. The lowest BCUT2D eigenvalue weighted by atomic mass is 10.2. The zero-order chi connectivity index (χ0) is 12.9. The van der Waals surface area contributed by atoms with Gasteiger partial charge in [0.2, 0.25) is 0 Å². The zero-order valence-electron chi connectivity index (χ0n) is 10.3. The molecular formula is C16H16O2. The largest absolute Gasteiger partial charge is 0.365 e. The summed E-state index contributed by atoms with van der Waals surface area (Å²) in [6.07, 6.45) is 1.69. The van der Waals surface area contributed by atoms with Crippen molar-refractivity contribution in [2.24, 2.45) is 0 Å². The van der Waals surface area contributed by atoms with E-state index in [9.17, 15) is 0 Å². The molecule has 18 heavy (non-hydrogen) atoms.